The normalized spacial score (nSPS) is 17.0. The van der Waals surface area contributed by atoms with Gasteiger partial charge in [0.1, 0.15) is 11.4 Å². The maximum Gasteiger partial charge on any atom is 0.271 e. The molecule has 1 saturated heterocycles. The fourth-order valence-electron chi connectivity index (χ4n) is 3.49. The Bertz CT molecular complexity index is 1010. The van der Waals surface area contributed by atoms with E-state index in [1.807, 2.05) is 59.1 Å². The molecule has 0 bridgehead atoms. The van der Waals surface area contributed by atoms with E-state index in [0.717, 1.165) is 39.8 Å². The van der Waals surface area contributed by atoms with E-state index in [2.05, 4.69) is 16.3 Å². The van der Waals surface area contributed by atoms with E-state index in [-0.39, 0.29) is 5.91 Å². The summed E-state index contributed by atoms with van der Waals surface area (Å²) in [6.45, 7) is 1.40. The number of methoxy groups -OCH3 is 1. The molecule has 3 aromatic rings. The summed E-state index contributed by atoms with van der Waals surface area (Å²) >= 11 is 8.23. The predicted molar refractivity (Wildman–Crippen MR) is 118 cm³/mol. The minimum atomic E-state index is -0.0212. The van der Waals surface area contributed by atoms with Crippen molar-refractivity contribution < 1.29 is 9.53 Å². The first kappa shape index (κ1) is 19.9. The molecule has 0 saturated carbocycles. The van der Waals surface area contributed by atoms with Gasteiger partial charge in [-0.2, -0.15) is 16.9 Å². The first-order chi connectivity index (χ1) is 14.2. The highest BCUT2D eigenvalue weighted by molar-refractivity contribution is 7.99. The van der Waals surface area contributed by atoms with Crippen molar-refractivity contribution in [1.82, 2.24) is 15.1 Å². The molecule has 1 unspecified atom stereocenters. The van der Waals surface area contributed by atoms with Crippen molar-refractivity contribution in [3.63, 3.8) is 0 Å². The number of amides is 1. The summed E-state index contributed by atoms with van der Waals surface area (Å²) in [5, 5.41) is 8.32. The second-order valence-corrected chi connectivity index (χ2v) is 8.58. The summed E-state index contributed by atoms with van der Waals surface area (Å²) in [5.41, 5.74) is 3.29. The maximum atomic E-state index is 13.0. The molecule has 150 valence electrons. The number of aromatic amines is 1. The quantitative estimate of drug-likeness (QED) is 0.632. The minimum Gasteiger partial charge on any atom is -0.497 e. The van der Waals surface area contributed by atoms with Crippen LogP contribution >= 0.6 is 23.4 Å². The molecule has 2 aromatic carbocycles. The average Bonchev–Trinajstić information content (AvgIpc) is 3.12. The fraction of sp³-hybridized carbons (Fsp3) is 0.273. The van der Waals surface area contributed by atoms with Crippen LogP contribution in [0.2, 0.25) is 5.02 Å². The summed E-state index contributed by atoms with van der Waals surface area (Å²) in [4.78, 5) is 14.9. The van der Waals surface area contributed by atoms with Crippen LogP contribution in [0, 0.1) is 0 Å². The summed E-state index contributed by atoms with van der Waals surface area (Å²) in [6.07, 6.45) is 0.872. The Morgan fingerprint density at radius 3 is 2.90 bits per heavy atom. The van der Waals surface area contributed by atoms with Gasteiger partial charge in [-0.15, -0.1) is 0 Å². The Kier molecular flexibility index (Phi) is 6.11. The van der Waals surface area contributed by atoms with Crippen molar-refractivity contribution in [1.29, 1.82) is 0 Å². The Labute approximate surface area is 179 Å². The predicted octanol–water partition coefficient (Wildman–Crippen LogP) is 5.06. The topological polar surface area (TPSA) is 58.2 Å². The second-order valence-electron chi connectivity index (χ2n) is 6.86. The number of benzene rings is 2. The number of H-pyrrole nitrogens is 1. The number of nitrogens with zero attached hydrogens (tertiary/aromatic N) is 2. The Morgan fingerprint density at radius 2 is 2.07 bits per heavy atom. The van der Waals surface area contributed by atoms with Crippen LogP contribution in [0.4, 0.5) is 0 Å². The number of carbonyl (C=O) groups excluding carboxylic acids is 1. The van der Waals surface area contributed by atoms with Crippen LogP contribution in [-0.4, -0.2) is 47.0 Å². The lowest BCUT2D eigenvalue weighted by atomic mass is 10.1. The number of carbonyl (C=O) groups is 1. The average molecular weight is 428 g/mol. The summed E-state index contributed by atoms with van der Waals surface area (Å²) < 4.78 is 5.27. The molecule has 5 nitrogen and oxygen atoms in total. The first-order valence-corrected chi connectivity index (χ1v) is 10.9. The zero-order chi connectivity index (χ0) is 20.2. The van der Waals surface area contributed by atoms with Gasteiger partial charge in [0, 0.05) is 34.7 Å². The van der Waals surface area contributed by atoms with Gasteiger partial charge in [0.15, 0.2) is 0 Å². The van der Waals surface area contributed by atoms with Crippen molar-refractivity contribution in [2.24, 2.45) is 0 Å². The van der Waals surface area contributed by atoms with Gasteiger partial charge in [-0.1, -0.05) is 41.9 Å². The molecule has 29 heavy (non-hydrogen) atoms. The third-order valence-corrected chi connectivity index (χ3v) is 6.71. The molecule has 1 aliphatic rings. The van der Waals surface area contributed by atoms with Crippen LogP contribution in [0.3, 0.4) is 0 Å². The number of thioether (sulfide) groups is 1. The van der Waals surface area contributed by atoms with Gasteiger partial charge in [0.25, 0.3) is 5.91 Å². The minimum absolute atomic E-state index is 0.0212. The van der Waals surface area contributed by atoms with Crippen LogP contribution in [0.5, 0.6) is 5.75 Å². The second kappa shape index (κ2) is 8.93. The first-order valence-electron chi connectivity index (χ1n) is 9.51. The third kappa shape index (κ3) is 4.43. The van der Waals surface area contributed by atoms with Gasteiger partial charge in [0.05, 0.1) is 12.8 Å². The molecule has 1 N–H and O–H groups in total. The lowest BCUT2D eigenvalue weighted by Gasteiger charge is -2.19. The SMILES string of the molecule is COc1cccc(-c2cc(C(=O)N3CCSC(c4ccccc4Cl)CC3)[nH]n2)c1. The zero-order valence-corrected chi connectivity index (χ0v) is 17.7. The van der Waals surface area contributed by atoms with Gasteiger partial charge in [0.2, 0.25) is 0 Å². The van der Waals surface area contributed by atoms with Crippen LogP contribution in [0.15, 0.2) is 54.6 Å². The van der Waals surface area contributed by atoms with Crippen LogP contribution in [0.25, 0.3) is 11.3 Å². The monoisotopic (exact) mass is 427 g/mol. The van der Waals surface area contributed by atoms with Gasteiger partial charge >= 0.3 is 0 Å². The molecule has 1 fully saturated rings. The van der Waals surface area contributed by atoms with E-state index < -0.39 is 0 Å². The van der Waals surface area contributed by atoms with E-state index in [1.54, 1.807) is 13.2 Å². The highest BCUT2D eigenvalue weighted by atomic mass is 35.5. The largest absolute Gasteiger partial charge is 0.497 e. The van der Waals surface area contributed by atoms with Crippen LogP contribution < -0.4 is 4.74 Å². The lowest BCUT2D eigenvalue weighted by molar-refractivity contribution is 0.0760. The number of aromatic nitrogens is 2. The van der Waals surface area contributed by atoms with Crippen molar-refractivity contribution >= 4 is 29.3 Å². The summed E-state index contributed by atoms with van der Waals surface area (Å²) in [6, 6.07) is 17.4. The van der Waals surface area contributed by atoms with Gasteiger partial charge in [-0.3, -0.25) is 9.89 Å². The number of nitrogens with one attached hydrogen (secondary N) is 1. The molecule has 0 aliphatic carbocycles. The highest BCUT2D eigenvalue weighted by Crippen LogP contribution is 2.38. The Balaban J connectivity index is 1.46. The molecule has 0 spiro atoms. The molecule has 2 heterocycles. The zero-order valence-electron chi connectivity index (χ0n) is 16.1. The molecular formula is C22H22ClN3O2S. The molecule has 1 amide bonds. The standard InChI is InChI=1S/C22H22ClN3O2S/c1-28-16-6-4-5-15(13-16)19-14-20(25-24-19)22(27)26-10-9-21(29-12-11-26)17-7-2-3-8-18(17)23/h2-8,13-14,21H,9-12H2,1H3,(H,24,25). The molecule has 1 aliphatic heterocycles. The van der Waals surface area contributed by atoms with Crippen molar-refractivity contribution in [3.8, 4) is 17.0 Å². The fourth-order valence-corrected chi connectivity index (χ4v) is 5.09. The van der Waals surface area contributed by atoms with E-state index in [4.69, 9.17) is 16.3 Å². The number of halogens is 1. The number of hydrogen-bond acceptors (Lipinski definition) is 4. The number of ether oxygens (including phenoxy) is 1. The molecule has 1 atom stereocenters. The number of rotatable bonds is 4. The molecule has 0 radical (unpaired) electrons. The van der Waals surface area contributed by atoms with E-state index in [0.29, 0.717) is 24.0 Å². The smallest absolute Gasteiger partial charge is 0.271 e. The Hall–Kier alpha value is -2.44. The van der Waals surface area contributed by atoms with Gasteiger partial charge in [-0.25, -0.2) is 0 Å². The van der Waals surface area contributed by atoms with E-state index >= 15 is 0 Å². The highest BCUT2D eigenvalue weighted by Gasteiger charge is 2.25. The molecule has 7 heteroatoms. The van der Waals surface area contributed by atoms with E-state index in [1.165, 1.54) is 0 Å². The van der Waals surface area contributed by atoms with Gasteiger partial charge < -0.3 is 9.64 Å². The van der Waals surface area contributed by atoms with Crippen molar-refractivity contribution in [2.45, 2.75) is 11.7 Å². The maximum absolute atomic E-state index is 13.0. The summed E-state index contributed by atoms with van der Waals surface area (Å²) in [5.74, 6) is 1.61. The third-order valence-electron chi connectivity index (χ3n) is 5.05. The summed E-state index contributed by atoms with van der Waals surface area (Å²) in [7, 11) is 1.63. The van der Waals surface area contributed by atoms with Crippen molar-refractivity contribution in [2.75, 3.05) is 26.0 Å². The van der Waals surface area contributed by atoms with Gasteiger partial charge in [-0.05, 0) is 36.2 Å². The van der Waals surface area contributed by atoms with Crippen LogP contribution in [-0.2, 0) is 0 Å². The van der Waals surface area contributed by atoms with E-state index in [9.17, 15) is 4.79 Å². The molecule has 4 rings (SSSR count). The van der Waals surface area contributed by atoms with Crippen molar-refractivity contribution in [3.05, 3.63) is 70.9 Å². The Morgan fingerprint density at radius 1 is 1.21 bits per heavy atom. The molecular weight excluding hydrogens is 406 g/mol. The lowest BCUT2D eigenvalue weighted by Crippen LogP contribution is -2.33. The van der Waals surface area contributed by atoms with Crippen LogP contribution in [0.1, 0.15) is 27.7 Å². The number of hydrogen-bond donors (Lipinski definition) is 1. The molecule has 1 aromatic heterocycles.